The number of nitrogens with zero attached hydrogens (tertiary/aromatic N) is 1. The third-order valence-corrected chi connectivity index (χ3v) is 5.40. The molecule has 0 saturated heterocycles. The number of imide groups is 1. The van der Waals surface area contributed by atoms with E-state index in [9.17, 15) is 9.59 Å². The molecule has 0 unspecified atom stereocenters. The predicted molar refractivity (Wildman–Crippen MR) is 116 cm³/mol. The van der Waals surface area contributed by atoms with Crippen LogP contribution in [-0.2, 0) is 14.3 Å². The van der Waals surface area contributed by atoms with Crippen LogP contribution in [-0.4, -0.2) is 37.0 Å². The van der Waals surface area contributed by atoms with Crippen molar-refractivity contribution in [1.29, 1.82) is 0 Å². The molecule has 1 aliphatic rings. The second-order valence-electron chi connectivity index (χ2n) is 7.27. The van der Waals surface area contributed by atoms with E-state index in [2.05, 4.69) is 5.32 Å². The number of hydrogen-bond acceptors (Lipinski definition) is 4. The van der Waals surface area contributed by atoms with Gasteiger partial charge in [-0.3, -0.25) is 14.5 Å². The van der Waals surface area contributed by atoms with Crippen LogP contribution in [0.25, 0.3) is 5.57 Å². The van der Waals surface area contributed by atoms with E-state index in [1.54, 1.807) is 13.2 Å². The topological polar surface area (TPSA) is 58.6 Å². The normalized spacial score (nSPS) is 14.2. The molecule has 3 rings (SSSR count). The molecule has 2 aromatic carbocycles. The largest absolute Gasteiger partial charge is 0.385 e. The maximum Gasteiger partial charge on any atom is 0.278 e. The molecule has 0 aromatic heterocycles. The molecule has 1 aliphatic heterocycles. The smallest absolute Gasteiger partial charge is 0.278 e. The van der Waals surface area contributed by atoms with Gasteiger partial charge in [-0.15, -0.1) is 0 Å². The Hall–Kier alpha value is -2.63. The van der Waals surface area contributed by atoms with E-state index in [4.69, 9.17) is 16.3 Å². The summed E-state index contributed by atoms with van der Waals surface area (Å²) in [7, 11) is 1.60. The van der Waals surface area contributed by atoms with E-state index in [0.717, 1.165) is 22.3 Å². The molecule has 2 amide bonds. The number of ether oxygens (including phenoxy) is 1. The van der Waals surface area contributed by atoms with Gasteiger partial charge in [0.1, 0.15) is 5.70 Å². The Labute approximate surface area is 176 Å². The van der Waals surface area contributed by atoms with Gasteiger partial charge in [-0.2, -0.15) is 0 Å². The van der Waals surface area contributed by atoms with E-state index in [-0.39, 0.29) is 17.5 Å². The van der Waals surface area contributed by atoms with Crippen LogP contribution in [0.2, 0.25) is 5.02 Å². The third-order valence-electron chi connectivity index (χ3n) is 4.99. The van der Waals surface area contributed by atoms with Crippen LogP contribution in [0.15, 0.2) is 42.1 Å². The number of amides is 2. The van der Waals surface area contributed by atoms with Crippen molar-refractivity contribution in [1.82, 2.24) is 4.90 Å². The molecule has 5 nitrogen and oxygen atoms in total. The van der Waals surface area contributed by atoms with Crippen LogP contribution in [0.5, 0.6) is 0 Å². The molecule has 0 aliphatic carbocycles. The first-order chi connectivity index (χ1) is 13.8. The molecule has 6 heteroatoms. The lowest BCUT2D eigenvalue weighted by Crippen LogP contribution is -2.34. The van der Waals surface area contributed by atoms with Crippen molar-refractivity contribution in [3.8, 4) is 0 Å². The Morgan fingerprint density at radius 3 is 2.41 bits per heavy atom. The number of hydrogen-bond donors (Lipinski definition) is 1. The molecular weight excluding hydrogens is 388 g/mol. The minimum Gasteiger partial charge on any atom is -0.385 e. The number of nitrogens with one attached hydrogen (secondary N) is 1. The quantitative estimate of drug-likeness (QED) is 0.537. The summed E-state index contributed by atoms with van der Waals surface area (Å²) in [5, 5.41) is 3.75. The highest BCUT2D eigenvalue weighted by molar-refractivity contribution is 6.37. The zero-order valence-corrected chi connectivity index (χ0v) is 17.9. The van der Waals surface area contributed by atoms with Crippen LogP contribution < -0.4 is 5.32 Å². The number of benzene rings is 2. The summed E-state index contributed by atoms with van der Waals surface area (Å²) >= 11 is 6.24. The van der Waals surface area contributed by atoms with E-state index in [1.807, 2.05) is 51.1 Å². The lowest BCUT2D eigenvalue weighted by atomic mass is 9.97. The van der Waals surface area contributed by atoms with Gasteiger partial charge in [-0.05, 0) is 56.0 Å². The highest BCUT2D eigenvalue weighted by Gasteiger charge is 2.39. The average molecular weight is 413 g/mol. The molecule has 1 heterocycles. The molecule has 152 valence electrons. The van der Waals surface area contributed by atoms with Gasteiger partial charge in [0.05, 0.1) is 5.57 Å². The molecule has 1 N–H and O–H groups in total. The minimum atomic E-state index is -0.335. The molecule has 0 atom stereocenters. The van der Waals surface area contributed by atoms with Gasteiger partial charge in [0.25, 0.3) is 11.8 Å². The van der Waals surface area contributed by atoms with Crippen molar-refractivity contribution in [2.24, 2.45) is 0 Å². The fraction of sp³-hybridized carbons (Fsp3) is 0.304. The third kappa shape index (κ3) is 4.36. The maximum absolute atomic E-state index is 13.2. The summed E-state index contributed by atoms with van der Waals surface area (Å²) in [6.45, 7) is 6.64. The number of rotatable bonds is 7. The molecule has 0 spiro atoms. The van der Waals surface area contributed by atoms with Gasteiger partial charge in [-0.1, -0.05) is 41.4 Å². The number of halogens is 1. The SMILES string of the molecule is COCCCN1C(=O)C(Nc2ccc(C)c(Cl)c2)=C(c2ccc(C)cc2C)C1=O. The van der Waals surface area contributed by atoms with Gasteiger partial charge in [-0.25, -0.2) is 0 Å². The fourth-order valence-corrected chi connectivity index (χ4v) is 3.60. The zero-order valence-electron chi connectivity index (χ0n) is 17.1. The van der Waals surface area contributed by atoms with E-state index in [0.29, 0.717) is 35.9 Å². The molecule has 0 radical (unpaired) electrons. The van der Waals surface area contributed by atoms with Gasteiger partial charge in [0.15, 0.2) is 0 Å². The summed E-state index contributed by atoms with van der Waals surface area (Å²) in [5.74, 6) is -0.628. The number of carbonyl (C=O) groups is 2. The Balaban J connectivity index is 2.05. The monoisotopic (exact) mass is 412 g/mol. The summed E-state index contributed by atoms with van der Waals surface area (Å²) < 4.78 is 5.07. The first-order valence-electron chi connectivity index (χ1n) is 9.53. The van der Waals surface area contributed by atoms with Crippen LogP contribution in [0, 0.1) is 20.8 Å². The molecule has 29 heavy (non-hydrogen) atoms. The standard InChI is InChI=1S/C23H25ClN2O3/c1-14-6-9-18(16(3)12-14)20-21(25-17-8-7-15(2)19(24)13-17)23(28)26(22(20)27)10-5-11-29-4/h6-9,12-13,25H,5,10-11H2,1-4H3. The molecule has 2 aromatic rings. The first kappa shape index (κ1) is 21.1. The van der Waals surface area contributed by atoms with Crippen LogP contribution >= 0.6 is 11.6 Å². The van der Waals surface area contributed by atoms with Gasteiger partial charge in [0.2, 0.25) is 0 Å². The molecular formula is C23H25ClN2O3. The van der Waals surface area contributed by atoms with Crippen molar-refractivity contribution in [3.05, 3.63) is 69.4 Å². The number of aryl methyl sites for hydroxylation is 3. The number of methoxy groups -OCH3 is 1. The number of anilines is 1. The van der Waals surface area contributed by atoms with Gasteiger partial charge < -0.3 is 10.1 Å². The lowest BCUT2D eigenvalue weighted by Gasteiger charge is -2.15. The van der Waals surface area contributed by atoms with Crippen molar-refractivity contribution in [3.63, 3.8) is 0 Å². The highest BCUT2D eigenvalue weighted by Crippen LogP contribution is 2.33. The summed E-state index contributed by atoms with van der Waals surface area (Å²) in [6, 6.07) is 11.3. The van der Waals surface area contributed by atoms with E-state index >= 15 is 0 Å². The number of carbonyl (C=O) groups excluding carboxylic acids is 2. The van der Waals surface area contributed by atoms with Crippen LogP contribution in [0.1, 0.15) is 28.7 Å². The van der Waals surface area contributed by atoms with Crippen molar-refractivity contribution in [2.75, 3.05) is 25.6 Å². The zero-order chi connectivity index (χ0) is 21.1. The van der Waals surface area contributed by atoms with E-state index < -0.39 is 0 Å². The minimum absolute atomic E-state index is 0.277. The second kappa shape index (κ2) is 8.80. The molecule has 0 saturated carbocycles. The van der Waals surface area contributed by atoms with Crippen LogP contribution in [0.3, 0.4) is 0 Å². The maximum atomic E-state index is 13.2. The summed E-state index contributed by atoms with van der Waals surface area (Å²) in [4.78, 5) is 27.6. The lowest BCUT2D eigenvalue weighted by molar-refractivity contribution is -0.136. The van der Waals surface area contributed by atoms with Crippen LogP contribution in [0.4, 0.5) is 5.69 Å². The van der Waals surface area contributed by atoms with Crippen molar-refractivity contribution >= 4 is 34.7 Å². The van der Waals surface area contributed by atoms with Gasteiger partial charge in [0, 0.05) is 31.0 Å². The Bertz CT molecular complexity index is 998. The van der Waals surface area contributed by atoms with Gasteiger partial charge >= 0.3 is 0 Å². The van der Waals surface area contributed by atoms with Crippen molar-refractivity contribution < 1.29 is 14.3 Å². The molecule has 0 fully saturated rings. The molecule has 0 bridgehead atoms. The first-order valence-corrected chi connectivity index (χ1v) is 9.91. The Kier molecular flexibility index (Phi) is 6.40. The van der Waals surface area contributed by atoms with Crippen molar-refractivity contribution in [2.45, 2.75) is 27.2 Å². The summed E-state index contributed by atoms with van der Waals surface area (Å²) in [5.41, 5.74) is 5.07. The van der Waals surface area contributed by atoms with E-state index in [1.165, 1.54) is 4.90 Å². The second-order valence-corrected chi connectivity index (χ2v) is 7.67. The highest BCUT2D eigenvalue weighted by atomic mass is 35.5. The average Bonchev–Trinajstić information content (AvgIpc) is 2.89. The Morgan fingerprint density at radius 1 is 1.00 bits per heavy atom. The predicted octanol–water partition coefficient (Wildman–Crippen LogP) is 4.49. The Morgan fingerprint density at radius 2 is 1.76 bits per heavy atom. The fourth-order valence-electron chi connectivity index (χ4n) is 3.42. The summed E-state index contributed by atoms with van der Waals surface area (Å²) in [6.07, 6.45) is 0.581.